The molecular formula is C12H14N4. The molecule has 3 rings (SSSR count). The summed E-state index contributed by atoms with van der Waals surface area (Å²) in [6.07, 6.45) is 8.83. The largest absolute Gasteiger partial charge is 0.324 e. The molecule has 82 valence electrons. The smallest absolute Gasteiger partial charge is 0.233 e. The highest BCUT2D eigenvalue weighted by molar-refractivity contribution is 5.33. The van der Waals surface area contributed by atoms with Crippen molar-refractivity contribution >= 4 is 0 Å². The lowest BCUT2D eigenvalue weighted by molar-refractivity contribution is 0.558. The number of fused-ring (bicyclic) bond motifs is 1. The van der Waals surface area contributed by atoms with E-state index in [0.717, 1.165) is 25.2 Å². The van der Waals surface area contributed by atoms with E-state index < -0.39 is 0 Å². The Bertz CT molecular complexity index is 489. The van der Waals surface area contributed by atoms with Crippen molar-refractivity contribution in [2.45, 2.75) is 25.3 Å². The summed E-state index contributed by atoms with van der Waals surface area (Å²) < 4.78 is 2.05. The van der Waals surface area contributed by atoms with Gasteiger partial charge in [0.15, 0.2) is 0 Å². The maximum Gasteiger partial charge on any atom is 0.233 e. The molecule has 1 unspecified atom stereocenters. The first kappa shape index (κ1) is 9.54. The first-order chi connectivity index (χ1) is 7.86. The van der Waals surface area contributed by atoms with Crippen LogP contribution >= 0.6 is 0 Å². The quantitative estimate of drug-likeness (QED) is 0.784. The van der Waals surface area contributed by atoms with Gasteiger partial charge in [-0.25, -0.2) is 9.97 Å². The van der Waals surface area contributed by atoms with Gasteiger partial charge in [0.1, 0.15) is 0 Å². The van der Waals surface area contributed by atoms with E-state index in [9.17, 15) is 0 Å². The molecule has 2 aromatic heterocycles. The molecule has 1 aliphatic carbocycles. The van der Waals surface area contributed by atoms with Crippen LogP contribution in [0.2, 0.25) is 0 Å². The SMILES string of the molecule is NC1CCCc2c1ccn2-c1ncccn1. The number of rotatable bonds is 1. The summed E-state index contributed by atoms with van der Waals surface area (Å²) >= 11 is 0. The summed E-state index contributed by atoms with van der Waals surface area (Å²) in [4.78, 5) is 8.53. The molecule has 1 aliphatic rings. The number of hydrogen-bond acceptors (Lipinski definition) is 3. The van der Waals surface area contributed by atoms with Gasteiger partial charge in [0.05, 0.1) is 0 Å². The van der Waals surface area contributed by atoms with Crippen LogP contribution in [0.5, 0.6) is 0 Å². The lowest BCUT2D eigenvalue weighted by Gasteiger charge is -2.20. The topological polar surface area (TPSA) is 56.7 Å². The summed E-state index contributed by atoms with van der Waals surface area (Å²) in [7, 11) is 0. The summed E-state index contributed by atoms with van der Waals surface area (Å²) in [6, 6.07) is 4.09. The van der Waals surface area contributed by atoms with Crippen LogP contribution in [0.15, 0.2) is 30.7 Å². The van der Waals surface area contributed by atoms with Gasteiger partial charge in [0, 0.05) is 30.3 Å². The second-order valence-electron chi connectivity index (χ2n) is 4.14. The molecule has 0 aliphatic heterocycles. The molecule has 4 heteroatoms. The zero-order valence-corrected chi connectivity index (χ0v) is 9.00. The normalized spacial score (nSPS) is 19.4. The molecule has 16 heavy (non-hydrogen) atoms. The lowest BCUT2D eigenvalue weighted by atomic mass is 9.94. The average molecular weight is 214 g/mol. The summed E-state index contributed by atoms with van der Waals surface area (Å²) in [5.41, 5.74) is 8.60. The highest BCUT2D eigenvalue weighted by Gasteiger charge is 2.21. The van der Waals surface area contributed by atoms with Gasteiger partial charge >= 0.3 is 0 Å². The molecule has 0 bridgehead atoms. The zero-order chi connectivity index (χ0) is 11.0. The molecule has 0 spiro atoms. The molecular weight excluding hydrogens is 200 g/mol. The maximum absolute atomic E-state index is 6.08. The molecule has 0 aromatic carbocycles. The number of nitrogens with zero attached hydrogens (tertiary/aromatic N) is 3. The van der Waals surface area contributed by atoms with Crippen molar-refractivity contribution in [2.24, 2.45) is 5.73 Å². The van der Waals surface area contributed by atoms with E-state index in [0.29, 0.717) is 0 Å². The van der Waals surface area contributed by atoms with Gasteiger partial charge in [0.25, 0.3) is 0 Å². The van der Waals surface area contributed by atoms with Crippen molar-refractivity contribution in [2.75, 3.05) is 0 Å². The van der Waals surface area contributed by atoms with Crippen LogP contribution in [0.1, 0.15) is 30.1 Å². The third kappa shape index (κ3) is 1.42. The second-order valence-corrected chi connectivity index (χ2v) is 4.14. The molecule has 0 radical (unpaired) electrons. The Kier molecular flexibility index (Phi) is 2.22. The molecule has 2 N–H and O–H groups in total. The number of aromatic nitrogens is 3. The third-order valence-electron chi connectivity index (χ3n) is 3.12. The highest BCUT2D eigenvalue weighted by Crippen LogP contribution is 2.29. The predicted octanol–water partition coefficient (Wildman–Crippen LogP) is 1.60. The van der Waals surface area contributed by atoms with E-state index in [-0.39, 0.29) is 6.04 Å². The molecule has 0 amide bonds. The fourth-order valence-electron chi connectivity index (χ4n) is 2.33. The maximum atomic E-state index is 6.08. The van der Waals surface area contributed by atoms with E-state index >= 15 is 0 Å². The minimum atomic E-state index is 0.175. The minimum Gasteiger partial charge on any atom is -0.324 e. The van der Waals surface area contributed by atoms with Crippen molar-refractivity contribution in [3.8, 4) is 5.95 Å². The average Bonchev–Trinajstić information content (AvgIpc) is 2.75. The summed E-state index contributed by atoms with van der Waals surface area (Å²) in [6.45, 7) is 0. The van der Waals surface area contributed by atoms with Gasteiger partial charge in [-0.2, -0.15) is 0 Å². The van der Waals surface area contributed by atoms with Crippen LogP contribution in [0, 0.1) is 0 Å². The number of nitrogens with two attached hydrogens (primary N) is 1. The molecule has 0 saturated heterocycles. The Morgan fingerprint density at radius 2 is 2.12 bits per heavy atom. The lowest BCUT2D eigenvalue weighted by Crippen LogP contribution is -2.18. The van der Waals surface area contributed by atoms with Crippen molar-refractivity contribution in [1.82, 2.24) is 14.5 Å². The fraction of sp³-hybridized carbons (Fsp3) is 0.333. The predicted molar refractivity (Wildman–Crippen MR) is 61.2 cm³/mol. The van der Waals surface area contributed by atoms with Gasteiger partial charge in [0.2, 0.25) is 5.95 Å². The molecule has 0 saturated carbocycles. The Morgan fingerprint density at radius 1 is 1.31 bits per heavy atom. The summed E-state index contributed by atoms with van der Waals surface area (Å²) in [5, 5.41) is 0. The van der Waals surface area contributed by atoms with Crippen LogP contribution in [-0.2, 0) is 6.42 Å². The van der Waals surface area contributed by atoms with Gasteiger partial charge in [-0.1, -0.05) is 0 Å². The van der Waals surface area contributed by atoms with Gasteiger partial charge in [-0.15, -0.1) is 0 Å². The highest BCUT2D eigenvalue weighted by atomic mass is 15.1. The van der Waals surface area contributed by atoms with Crippen LogP contribution in [0.3, 0.4) is 0 Å². The molecule has 0 fully saturated rings. The van der Waals surface area contributed by atoms with E-state index in [1.54, 1.807) is 12.4 Å². The van der Waals surface area contributed by atoms with Crippen molar-refractivity contribution in [3.63, 3.8) is 0 Å². The van der Waals surface area contributed by atoms with E-state index in [1.807, 2.05) is 16.8 Å². The first-order valence-corrected chi connectivity index (χ1v) is 5.59. The molecule has 1 atom stereocenters. The minimum absolute atomic E-state index is 0.175. The third-order valence-corrected chi connectivity index (χ3v) is 3.12. The van der Waals surface area contributed by atoms with Crippen LogP contribution in [0.25, 0.3) is 5.95 Å². The second kappa shape index (κ2) is 3.72. The monoisotopic (exact) mass is 214 g/mol. The standard InChI is InChI=1S/C12H14N4/c13-10-3-1-4-11-9(10)5-8-16(11)12-14-6-2-7-15-12/h2,5-8,10H,1,3-4,13H2. The van der Waals surface area contributed by atoms with Crippen LogP contribution in [-0.4, -0.2) is 14.5 Å². The van der Waals surface area contributed by atoms with Crippen molar-refractivity contribution in [1.29, 1.82) is 0 Å². The Hall–Kier alpha value is -1.68. The Balaban J connectivity index is 2.10. The van der Waals surface area contributed by atoms with E-state index in [4.69, 9.17) is 5.73 Å². The number of hydrogen-bond donors (Lipinski definition) is 1. The van der Waals surface area contributed by atoms with E-state index in [2.05, 4.69) is 16.0 Å². The Morgan fingerprint density at radius 3 is 2.94 bits per heavy atom. The van der Waals surface area contributed by atoms with Crippen LogP contribution in [0.4, 0.5) is 0 Å². The van der Waals surface area contributed by atoms with Crippen LogP contribution < -0.4 is 5.73 Å². The molecule has 2 heterocycles. The first-order valence-electron chi connectivity index (χ1n) is 5.59. The van der Waals surface area contributed by atoms with Crippen molar-refractivity contribution < 1.29 is 0 Å². The zero-order valence-electron chi connectivity index (χ0n) is 9.00. The van der Waals surface area contributed by atoms with Crippen molar-refractivity contribution in [3.05, 3.63) is 42.0 Å². The molecule has 2 aromatic rings. The fourth-order valence-corrected chi connectivity index (χ4v) is 2.33. The van der Waals surface area contributed by atoms with Gasteiger partial charge in [-0.05, 0) is 37.0 Å². The summed E-state index contributed by atoms with van der Waals surface area (Å²) in [5.74, 6) is 0.734. The van der Waals surface area contributed by atoms with Gasteiger partial charge in [-0.3, -0.25) is 4.57 Å². The van der Waals surface area contributed by atoms with E-state index in [1.165, 1.54) is 11.3 Å². The van der Waals surface area contributed by atoms with Gasteiger partial charge < -0.3 is 5.73 Å². The molecule has 4 nitrogen and oxygen atoms in total. The Labute approximate surface area is 94.1 Å².